The fraction of sp³-hybridized carbons (Fsp3) is 0.529. The zero-order valence-electron chi connectivity index (χ0n) is 14.9. The van der Waals surface area contributed by atoms with E-state index in [1.807, 2.05) is 6.07 Å². The summed E-state index contributed by atoms with van der Waals surface area (Å²) in [5.74, 6) is 1.64. The van der Waals surface area contributed by atoms with E-state index in [9.17, 15) is 8.42 Å². The molecule has 146 valence electrons. The van der Waals surface area contributed by atoms with E-state index >= 15 is 0 Å². The first-order chi connectivity index (χ1) is 13.0. The van der Waals surface area contributed by atoms with Crippen molar-refractivity contribution in [1.29, 1.82) is 0 Å². The normalized spacial score (nSPS) is 19.4. The molecule has 0 radical (unpaired) electrons. The van der Waals surface area contributed by atoms with E-state index in [0.717, 1.165) is 36.2 Å². The smallest absolute Gasteiger partial charge is 0.252 e. The molecule has 2 aliphatic heterocycles. The molecule has 0 unspecified atom stereocenters. The second kappa shape index (κ2) is 7.90. The highest BCUT2D eigenvalue weighted by Crippen LogP contribution is 2.29. The summed E-state index contributed by atoms with van der Waals surface area (Å²) in [4.78, 5) is 13.5. The molecule has 7 nitrogen and oxygen atoms in total. The molecule has 4 rings (SSSR count). The molecule has 0 spiro atoms. The second-order valence-electron chi connectivity index (χ2n) is 6.71. The predicted molar refractivity (Wildman–Crippen MR) is 108 cm³/mol. The zero-order chi connectivity index (χ0) is 18.9. The van der Waals surface area contributed by atoms with Gasteiger partial charge in [0.15, 0.2) is 0 Å². The summed E-state index contributed by atoms with van der Waals surface area (Å²) in [5, 5.41) is 0. The molecule has 0 aliphatic carbocycles. The van der Waals surface area contributed by atoms with E-state index in [2.05, 4.69) is 14.8 Å². The van der Waals surface area contributed by atoms with Gasteiger partial charge in [-0.3, -0.25) is 0 Å². The van der Waals surface area contributed by atoms with Crippen LogP contribution in [0.4, 0.5) is 11.8 Å². The first-order valence-electron chi connectivity index (χ1n) is 9.12. The third-order valence-electron chi connectivity index (χ3n) is 4.97. The van der Waals surface area contributed by atoms with E-state index in [-0.39, 0.29) is 0 Å². The number of anilines is 2. The number of halogens is 1. The number of piperazine rings is 1. The average Bonchev–Trinajstić information content (AvgIpc) is 3.16. The maximum absolute atomic E-state index is 12.7. The number of sulfonamides is 1. The van der Waals surface area contributed by atoms with E-state index in [4.69, 9.17) is 16.6 Å². The van der Waals surface area contributed by atoms with Gasteiger partial charge in [0.25, 0.3) is 10.0 Å². The van der Waals surface area contributed by atoms with Crippen LogP contribution >= 0.6 is 22.9 Å². The molecule has 0 amide bonds. The molecule has 2 fully saturated rings. The second-order valence-corrected chi connectivity index (χ2v) is 10.6. The Balaban J connectivity index is 1.43. The van der Waals surface area contributed by atoms with Crippen molar-refractivity contribution in [2.75, 3.05) is 49.1 Å². The van der Waals surface area contributed by atoms with Gasteiger partial charge >= 0.3 is 0 Å². The van der Waals surface area contributed by atoms with Gasteiger partial charge in [-0.05, 0) is 37.5 Å². The minimum atomic E-state index is -3.47. The summed E-state index contributed by atoms with van der Waals surface area (Å²) in [6.07, 6.45) is 5.42. The van der Waals surface area contributed by atoms with Crippen LogP contribution in [0.3, 0.4) is 0 Å². The number of hydrogen-bond donors (Lipinski definition) is 0. The van der Waals surface area contributed by atoms with Crippen molar-refractivity contribution in [3.05, 3.63) is 28.7 Å². The van der Waals surface area contributed by atoms with Gasteiger partial charge in [-0.2, -0.15) is 9.29 Å². The molecule has 2 aromatic heterocycles. The topological polar surface area (TPSA) is 69.6 Å². The Morgan fingerprint density at radius 1 is 0.926 bits per heavy atom. The van der Waals surface area contributed by atoms with Crippen LogP contribution in [-0.4, -0.2) is 62.0 Å². The van der Waals surface area contributed by atoms with Crippen molar-refractivity contribution in [3.63, 3.8) is 0 Å². The Kier molecular flexibility index (Phi) is 5.54. The predicted octanol–water partition coefficient (Wildman–Crippen LogP) is 2.69. The number of nitrogens with zero attached hydrogens (tertiary/aromatic N) is 5. The summed E-state index contributed by atoms with van der Waals surface area (Å²) >= 11 is 7.00. The first kappa shape index (κ1) is 18.9. The van der Waals surface area contributed by atoms with Gasteiger partial charge in [0.1, 0.15) is 10.0 Å². The van der Waals surface area contributed by atoms with Crippen LogP contribution in [0.1, 0.15) is 19.3 Å². The minimum absolute atomic E-state index is 0.301. The fourth-order valence-corrected chi connectivity index (χ4v) is 6.54. The molecule has 0 aromatic carbocycles. The summed E-state index contributed by atoms with van der Waals surface area (Å²) in [5.41, 5.74) is 0. The maximum atomic E-state index is 12.7. The molecule has 10 heteroatoms. The van der Waals surface area contributed by atoms with Crippen LogP contribution in [0.5, 0.6) is 0 Å². The van der Waals surface area contributed by atoms with E-state index < -0.39 is 10.0 Å². The summed E-state index contributed by atoms with van der Waals surface area (Å²) in [7, 11) is -3.47. The Labute approximate surface area is 168 Å². The standard InChI is InChI=1S/C17H22ClN5O2S2/c18-14-4-5-16(26-14)27(24,25)23-12-10-21(11-13-23)15-6-7-19-17(20-15)22-8-2-1-3-9-22/h4-7H,1-3,8-13H2. The molecule has 0 N–H and O–H groups in total. The largest absolute Gasteiger partial charge is 0.354 e. The zero-order valence-corrected chi connectivity index (χ0v) is 17.3. The van der Waals surface area contributed by atoms with Crippen molar-refractivity contribution >= 4 is 44.7 Å². The molecule has 2 saturated heterocycles. The molecule has 27 heavy (non-hydrogen) atoms. The fourth-order valence-electron chi connectivity index (χ4n) is 3.48. The molecule has 0 saturated carbocycles. The maximum Gasteiger partial charge on any atom is 0.252 e. The van der Waals surface area contributed by atoms with E-state index in [1.165, 1.54) is 23.6 Å². The lowest BCUT2D eigenvalue weighted by Gasteiger charge is -2.35. The molecular weight excluding hydrogens is 406 g/mol. The van der Waals surface area contributed by atoms with Gasteiger partial charge in [0.2, 0.25) is 5.95 Å². The van der Waals surface area contributed by atoms with Crippen LogP contribution in [0.2, 0.25) is 4.34 Å². The number of rotatable bonds is 4. The Morgan fingerprint density at radius 3 is 2.33 bits per heavy atom. The van der Waals surface area contributed by atoms with Crippen molar-refractivity contribution in [2.45, 2.75) is 23.5 Å². The monoisotopic (exact) mass is 427 g/mol. The van der Waals surface area contributed by atoms with Crippen molar-refractivity contribution in [3.8, 4) is 0 Å². The van der Waals surface area contributed by atoms with Gasteiger partial charge in [-0.25, -0.2) is 13.4 Å². The average molecular weight is 428 g/mol. The van der Waals surface area contributed by atoms with Crippen molar-refractivity contribution in [2.24, 2.45) is 0 Å². The minimum Gasteiger partial charge on any atom is -0.354 e. The molecule has 0 atom stereocenters. The quantitative estimate of drug-likeness (QED) is 0.747. The first-order valence-corrected chi connectivity index (χ1v) is 11.8. The number of piperidine rings is 1. The molecule has 0 bridgehead atoms. The van der Waals surface area contributed by atoms with Crippen LogP contribution in [0.25, 0.3) is 0 Å². The lowest BCUT2D eigenvalue weighted by Crippen LogP contribution is -2.48. The highest BCUT2D eigenvalue weighted by Gasteiger charge is 2.30. The van der Waals surface area contributed by atoms with Crippen molar-refractivity contribution < 1.29 is 8.42 Å². The van der Waals surface area contributed by atoms with Gasteiger partial charge in [-0.15, -0.1) is 11.3 Å². The number of thiophene rings is 1. The Morgan fingerprint density at radius 2 is 1.67 bits per heavy atom. The van der Waals surface area contributed by atoms with Crippen LogP contribution in [-0.2, 0) is 10.0 Å². The SMILES string of the molecule is O=S(=O)(c1ccc(Cl)s1)N1CCN(c2ccnc(N3CCCCC3)n2)CC1. The summed E-state index contributed by atoms with van der Waals surface area (Å²) in [6.45, 7) is 4.07. The van der Waals surface area contributed by atoms with Crippen LogP contribution < -0.4 is 9.80 Å². The number of aromatic nitrogens is 2. The van der Waals surface area contributed by atoms with Gasteiger partial charge in [0.05, 0.1) is 4.34 Å². The third kappa shape index (κ3) is 4.06. The number of hydrogen-bond acceptors (Lipinski definition) is 7. The van der Waals surface area contributed by atoms with Crippen LogP contribution in [0.15, 0.2) is 28.6 Å². The highest BCUT2D eigenvalue weighted by atomic mass is 35.5. The molecule has 2 aromatic rings. The molecular formula is C17H22ClN5O2S2. The van der Waals surface area contributed by atoms with E-state index in [1.54, 1.807) is 18.3 Å². The molecule has 2 aliphatic rings. The lowest BCUT2D eigenvalue weighted by atomic mass is 10.1. The van der Waals surface area contributed by atoms with Gasteiger partial charge in [0, 0.05) is 45.5 Å². The highest BCUT2D eigenvalue weighted by molar-refractivity contribution is 7.91. The third-order valence-corrected chi connectivity index (χ3v) is 8.57. The molecule has 4 heterocycles. The summed E-state index contributed by atoms with van der Waals surface area (Å²) in [6, 6.07) is 5.10. The summed E-state index contributed by atoms with van der Waals surface area (Å²) < 4.78 is 27.8. The van der Waals surface area contributed by atoms with Gasteiger partial charge in [-0.1, -0.05) is 11.6 Å². The van der Waals surface area contributed by atoms with Crippen LogP contribution in [0, 0.1) is 0 Å². The Hall–Kier alpha value is -1.42. The van der Waals surface area contributed by atoms with E-state index in [0.29, 0.717) is 34.7 Å². The lowest BCUT2D eigenvalue weighted by molar-refractivity contribution is 0.384. The Bertz CT molecular complexity index is 890. The van der Waals surface area contributed by atoms with Gasteiger partial charge < -0.3 is 9.80 Å². The van der Waals surface area contributed by atoms with Crippen molar-refractivity contribution in [1.82, 2.24) is 14.3 Å².